The van der Waals surface area contributed by atoms with Crippen LogP contribution in [0.25, 0.3) is 0 Å². The van der Waals surface area contributed by atoms with Crippen LogP contribution in [0.5, 0.6) is 0 Å². The zero-order valence-corrected chi connectivity index (χ0v) is 13.5. The summed E-state index contributed by atoms with van der Waals surface area (Å²) >= 11 is 0. The molecule has 0 N–H and O–H groups in total. The average molecular weight is 351 g/mol. The molecule has 1 aliphatic heterocycles. The molecule has 0 radical (unpaired) electrons. The Morgan fingerprint density at radius 3 is 2.60 bits per heavy atom. The van der Waals surface area contributed by atoms with Crippen LogP contribution in [0.15, 0.2) is 18.3 Å². The van der Waals surface area contributed by atoms with Gasteiger partial charge in [-0.1, -0.05) is 0 Å². The number of nitrogens with zero attached hydrogens (tertiary/aromatic N) is 5. The largest absolute Gasteiger partial charge is 0.433 e. The highest BCUT2D eigenvalue weighted by Crippen LogP contribution is 2.41. The number of hydrogen-bond donors (Lipinski definition) is 0. The maximum atomic E-state index is 12.6. The van der Waals surface area contributed by atoms with E-state index in [4.69, 9.17) is 0 Å². The molecular weight excluding hydrogens is 335 g/mol. The third-order valence-electron chi connectivity index (χ3n) is 4.58. The predicted molar refractivity (Wildman–Crippen MR) is 80.7 cm³/mol. The van der Waals surface area contributed by atoms with E-state index < -0.39 is 11.9 Å². The fourth-order valence-electron chi connectivity index (χ4n) is 3.21. The molecule has 1 saturated carbocycles. The van der Waals surface area contributed by atoms with Gasteiger partial charge in [0, 0.05) is 18.7 Å². The smallest absolute Gasteiger partial charge is 0.329 e. The number of aromatic nitrogens is 4. The molecule has 6 nitrogen and oxygen atoms in total. The van der Waals surface area contributed by atoms with Crippen LogP contribution in [0.4, 0.5) is 13.2 Å². The summed E-state index contributed by atoms with van der Waals surface area (Å²) in [5.41, 5.74) is -0.875. The minimum atomic E-state index is -4.52. The molecular formula is C16H16F3N5O. The molecule has 1 atom stereocenters. The molecule has 3 heterocycles. The topological polar surface area (TPSA) is 63.9 Å². The SMILES string of the molecule is C[C@H]1CN(C(=O)c2ccc(C(F)(F)F)nc2)Cc2nnc(C3CC3)n21. The lowest BCUT2D eigenvalue weighted by atomic mass is 10.1. The molecule has 25 heavy (non-hydrogen) atoms. The summed E-state index contributed by atoms with van der Waals surface area (Å²) in [5, 5.41) is 8.45. The van der Waals surface area contributed by atoms with Crippen LogP contribution in [0.2, 0.25) is 0 Å². The van der Waals surface area contributed by atoms with Crippen molar-refractivity contribution in [3.05, 3.63) is 41.2 Å². The summed E-state index contributed by atoms with van der Waals surface area (Å²) in [6, 6.07) is 2.02. The average Bonchev–Trinajstić information content (AvgIpc) is 3.33. The predicted octanol–water partition coefficient (Wildman–Crippen LogP) is 2.79. The van der Waals surface area contributed by atoms with E-state index in [2.05, 4.69) is 19.7 Å². The van der Waals surface area contributed by atoms with Crippen molar-refractivity contribution in [1.29, 1.82) is 0 Å². The summed E-state index contributed by atoms with van der Waals surface area (Å²) in [5.74, 6) is 1.81. The highest BCUT2D eigenvalue weighted by atomic mass is 19.4. The van der Waals surface area contributed by atoms with Crippen LogP contribution in [-0.4, -0.2) is 37.1 Å². The van der Waals surface area contributed by atoms with Crippen molar-refractivity contribution in [3.63, 3.8) is 0 Å². The second kappa shape index (κ2) is 5.53. The monoisotopic (exact) mass is 351 g/mol. The Hall–Kier alpha value is -2.45. The number of amides is 1. The maximum absolute atomic E-state index is 12.6. The van der Waals surface area contributed by atoms with E-state index in [9.17, 15) is 18.0 Å². The van der Waals surface area contributed by atoms with Gasteiger partial charge in [-0.3, -0.25) is 9.78 Å². The first-order chi connectivity index (χ1) is 11.8. The van der Waals surface area contributed by atoms with Gasteiger partial charge in [-0.2, -0.15) is 13.2 Å². The van der Waals surface area contributed by atoms with E-state index in [0.717, 1.165) is 37.0 Å². The first-order valence-electron chi connectivity index (χ1n) is 8.11. The lowest BCUT2D eigenvalue weighted by Gasteiger charge is -2.32. The van der Waals surface area contributed by atoms with Crippen molar-refractivity contribution >= 4 is 5.91 Å². The minimum absolute atomic E-state index is 0.0284. The van der Waals surface area contributed by atoms with E-state index in [1.807, 2.05) is 6.92 Å². The molecule has 0 spiro atoms. The van der Waals surface area contributed by atoms with E-state index >= 15 is 0 Å². The molecule has 1 amide bonds. The van der Waals surface area contributed by atoms with E-state index in [0.29, 0.717) is 24.8 Å². The third-order valence-corrected chi connectivity index (χ3v) is 4.58. The second-order valence-corrected chi connectivity index (χ2v) is 6.58. The molecule has 9 heteroatoms. The Kier molecular flexibility index (Phi) is 3.55. The molecule has 132 valence electrons. The van der Waals surface area contributed by atoms with Gasteiger partial charge < -0.3 is 9.47 Å². The zero-order chi connectivity index (χ0) is 17.8. The van der Waals surface area contributed by atoms with Gasteiger partial charge in [0.1, 0.15) is 11.5 Å². The summed E-state index contributed by atoms with van der Waals surface area (Å²) in [6.45, 7) is 2.75. The lowest BCUT2D eigenvalue weighted by molar-refractivity contribution is -0.141. The van der Waals surface area contributed by atoms with Crippen LogP contribution in [0.1, 0.15) is 59.4 Å². The molecule has 2 aliphatic rings. The number of pyridine rings is 1. The van der Waals surface area contributed by atoms with Gasteiger partial charge in [0.2, 0.25) is 0 Å². The fourth-order valence-corrected chi connectivity index (χ4v) is 3.21. The second-order valence-electron chi connectivity index (χ2n) is 6.58. The van der Waals surface area contributed by atoms with E-state index in [-0.39, 0.29) is 17.5 Å². The highest BCUT2D eigenvalue weighted by molar-refractivity contribution is 5.94. The molecule has 0 saturated heterocycles. The number of rotatable bonds is 2. The molecule has 2 aromatic rings. The summed E-state index contributed by atoms with van der Waals surface area (Å²) in [6.07, 6.45) is -1.31. The van der Waals surface area contributed by atoms with E-state index in [1.165, 1.54) is 0 Å². The van der Waals surface area contributed by atoms with E-state index in [1.54, 1.807) is 4.90 Å². The first kappa shape index (κ1) is 16.0. The quantitative estimate of drug-likeness (QED) is 0.835. The Bertz CT molecular complexity index is 810. The first-order valence-corrected chi connectivity index (χ1v) is 8.11. The van der Waals surface area contributed by atoms with Crippen LogP contribution < -0.4 is 0 Å². The molecule has 0 bridgehead atoms. The highest BCUT2D eigenvalue weighted by Gasteiger charge is 2.36. The van der Waals surface area contributed by atoms with Crippen molar-refractivity contribution in [3.8, 4) is 0 Å². The van der Waals surface area contributed by atoms with Crippen molar-refractivity contribution in [1.82, 2.24) is 24.6 Å². The van der Waals surface area contributed by atoms with Gasteiger partial charge in [-0.05, 0) is 31.9 Å². The fraction of sp³-hybridized carbons (Fsp3) is 0.500. The molecule has 1 aliphatic carbocycles. The number of carbonyl (C=O) groups is 1. The Labute approximate surface area is 141 Å². The standard InChI is InChI=1S/C16H16F3N5O/c1-9-7-23(8-13-21-22-14(24(9)13)10-2-3-10)15(25)11-4-5-12(20-6-11)16(17,18)19/h4-6,9-10H,2-3,7-8H2,1H3/t9-/m0/s1. The number of alkyl halides is 3. The molecule has 2 aromatic heterocycles. The molecule has 0 aromatic carbocycles. The van der Waals surface area contributed by atoms with Gasteiger partial charge in [0.25, 0.3) is 5.91 Å². The van der Waals surface area contributed by atoms with Gasteiger partial charge >= 0.3 is 6.18 Å². The summed E-state index contributed by atoms with van der Waals surface area (Å²) in [4.78, 5) is 17.6. The van der Waals surface area contributed by atoms with Crippen molar-refractivity contribution in [2.45, 2.75) is 44.4 Å². The van der Waals surface area contributed by atoms with Gasteiger partial charge in [-0.25, -0.2) is 0 Å². The Balaban J connectivity index is 1.55. The number of carbonyl (C=O) groups excluding carboxylic acids is 1. The lowest BCUT2D eigenvalue weighted by Crippen LogP contribution is -2.40. The Morgan fingerprint density at radius 2 is 2.00 bits per heavy atom. The number of fused-ring (bicyclic) bond motifs is 1. The maximum Gasteiger partial charge on any atom is 0.433 e. The normalized spacial score (nSPS) is 20.5. The minimum Gasteiger partial charge on any atom is -0.329 e. The summed E-state index contributed by atoms with van der Waals surface area (Å²) < 4.78 is 39.9. The van der Waals surface area contributed by atoms with Crippen LogP contribution in [0, 0.1) is 0 Å². The van der Waals surface area contributed by atoms with Gasteiger partial charge in [0.15, 0.2) is 5.82 Å². The Morgan fingerprint density at radius 1 is 1.24 bits per heavy atom. The van der Waals surface area contributed by atoms with Crippen molar-refractivity contribution < 1.29 is 18.0 Å². The zero-order valence-electron chi connectivity index (χ0n) is 13.5. The van der Waals surface area contributed by atoms with Crippen molar-refractivity contribution in [2.75, 3.05) is 6.54 Å². The number of halogens is 3. The molecule has 0 unspecified atom stereocenters. The van der Waals surface area contributed by atoms with Crippen LogP contribution in [-0.2, 0) is 12.7 Å². The van der Waals surface area contributed by atoms with Crippen LogP contribution in [0.3, 0.4) is 0 Å². The van der Waals surface area contributed by atoms with Crippen molar-refractivity contribution in [2.24, 2.45) is 0 Å². The third kappa shape index (κ3) is 2.87. The summed E-state index contributed by atoms with van der Waals surface area (Å²) in [7, 11) is 0. The van der Waals surface area contributed by atoms with Crippen LogP contribution >= 0.6 is 0 Å². The van der Waals surface area contributed by atoms with Gasteiger partial charge in [0.05, 0.1) is 18.2 Å². The molecule has 4 rings (SSSR count). The van der Waals surface area contributed by atoms with Gasteiger partial charge in [-0.15, -0.1) is 10.2 Å². The molecule has 1 fully saturated rings. The number of hydrogen-bond acceptors (Lipinski definition) is 4.